The second-order valence-corrected chi connectivity index (χ2v) is 1.98. The third-order valence-corrected chi connectivity index (χ3v) is 1.24. The van der Waals surface area contributed by atoms with E-state index in [4.69, 9.17) is 4.74 Å². The summed E-state index contributed by atoms with van der Waals surface area (Å²) < 4.78 is 5.16. The number of hydrogen-bond donors (Lipinski definition) is 1. The first-order valence-corrected chi connectivity index (χ1v) is 3.24. The molecule has 3 nitrogen and oxygen atoms in total. The summed E-state index contributed by atoms with van der Waals surface area (Å²) in [5.74, 6) is 0.907. The highest BCUT2D eigenvalue weighted by Crippen LogP contribution is 1.96. The minimum absolute atomic E-state index is 0.777. The SMILES string of the molecule is CNCCC1=NCCO1. The maximum atomic E-state index is 5.16. The topological polar surface area (TPSA) is 33.6 Å². The summed E-state index contributed by atoms with van der Waals surface area (Å²) in [7, 11) is 1.93. The molecule has 0 aliphatic carbocycles. The van der Waals surface area contributed by atoms with E-state index in [2.05, 4.69) is 10.3 Å². The van der Waals surface area contributed by atoms with Gasteiger partial charge in [0.2, 0.25) is 0 Å². The molecule has 0 atom stereocenters. The molecule has 0 aromatic carbocycles. The summed E-state index contributed by atoms with van der Waals surface area (Å²) in [6.45, 7) is 2.58. The van der Waals surface area contributed by atoms with Crippen LogP contribution in [0.1, 0.15) is 6.42 Å². The number of nitrogens with zero attached hydrogens (tertiary/aromatic N) is 1. The first-order valence-electron chi connectivity index (χ1n) is 3.24. The van der Waals surface area contributed by atoms with E-state index in [1.807, 2.05) is 7.05 Å². The van der Waals surface area contributed by atoms with Crippen molar-refractivity contribution in [3.63, 3.8) is 0 Å². The Hall–Kier alpha value is -0.570. The van der Waals surface area contributed by atoms with Crippen LogP contribution in [0, 0.1) is 0 Å². The van der Waals surface area contributed by atoms with Gasteiger partial charge < -0.3 is 10.1 Å². The van der Waals surface area contributed by atoms with Gasteiger partial charge in [0.1, 0.15) is 6.61 Å². The Bertz CT molecular complexity index is 112. The lowest BCUT2D eigenvalue weighted by atomic mass is 10.4. The molecule has 0 aromatic heterocycles. The normalized spacial score (nSPS) is 17.2. The lowest BCUT2D eigenvalue weighted by Gasteiger charge is -1.98. The molecule has 9 heavy (non-hydrogen) atoms. The molecule has 1 aliphatic heterocycles. The van der Waals surface area contributed by atoms with E-state index in [1.54, 1.807) is 0 Å². The van der Waals surface area contributed by atoms with Gasteiger partial charge in [-0.1, -0.05) is 0 Å². The summed E-state index contributed by atoms with van der Waals surface area (Å²) in [4.78, 5) is 4.13. The minimum Gasteiger partial charge on any atom is -0.479 e. The predicted molar refractivity (Wildman–Crippen MR) is 36.8 cm³/mol. The lowest BCUT2D eigenvalue weighted by molar-refractivity contribution is 0.338. The van der Waals surface area contributed by atoms with Crippen LogP contribution in [0.25, 0.3) is 0 Å². The molecule has 0 bridgehead atoms. The summed E-state index contributed by atoms with van der Waals surface area (Å²) in [6.07, 6.45) is 0.927. The average molecular weight is 128 g/mol. The van der Waals surface area contributed by atoms with Crippen LogP contribution in [-0.2, 0) is 4.74 Å². The Morgan fingerprint density at radius 1 is 1.78 bits per heavy atom. The molecule has 0 saturated carbocycles. The van der Waals surface area contributed by atoms with Gasteiger partial charge in [0, 0.05) is 13.0 Å². The van der Waals surface area contributed by atoms with Gasteiger partial charge in [-0.25, -0.2) is 0 Å². The molecule has 1 rings (SSSR count). The van der Waals surface area contributed by atoms with Crippen molar-refractivity contribution in [3.8, 4) is 0 Å². The maximum absolute atomic E-state index is 5.16. The smallest absolute Gasteiger partial charge is 0.184 e. The van der Waals surface area contributed by atoms with E-state index in [-0.39, 0.29) is 0 Å². The van der Waals surface area contributed by atoms with E-state index in [9.17, 15) is 0 Å². The van der Waals surface area contributed by atoms with Crippen molar-refractivity contribution in [2.75, 3.05) is 26.7 Å². The van der Waals surface area contributed by atoms with E-state index < -0.39 is 0 Å². The number of ether oxygens (including phenoxy) is 1. The average Bonchev–Trinajstić information content (AvgIpc) is 2.34. The van der Waals surface area contributed by atoms with Crippen LogP contribution >= 0.6 is 0 Å². The second-order valence-electron chi connectivity index (χ2n) is 1.98. The first-order chi connectivity index (χ1) is 4.43. The third kappa shape index (κ3) is 2.01. The van der Waals surface area contributed by atoms with Crippen LogP contribution in [0.2, 0.25) is 0 Å². The Morgan fingerprint density at radius 3 is 3.22 bits per heavy atom. The summed E-state index contributed by atoms with van der Waals surface area (Å²) >= 11 is 0. The number of hydrogen-bond acceptors (Lipinski definition) is 3. The highest BCUT2D eigenvalue weighted by atomic mass is 16.5. The van der Waals surface area contributed by atoms with Crippen molar-refractivity contribution >= 4 is 5.90 Å². The second kappa shape index (κ2) is 3.45. The molecular formula is C6H12N2O. The molecule has 1 heterocycles. The lowest BCUT2D eigenvalue weighted by Crippen LogP contribution is -2.12. The maximum Gasteiger partial charge on any atom is 0.184 e. The zero-order valence-electron chi connectivity index (χ0n) is 5.68. The number of rotatable bonds is 3. The highest BCUT2D eigenvalue weighted by Gasteiger charge is 2.04. The van der Waals surface area contributed by atoms with Crippen molar-refractivity contribution < 1.29 is 4.74 Å². The van der Waals surface area contributed by atoms with Crippen molar-refractivity contribution in [1.29, 1.82) is 0 Å². The quantitative estimate of drug-likeness (QED) is 0.581. The molecule has 0 fully saturated rings. The minimum atomic E-state index is 0.777. The van der Waals surface area contributed by atoms with Crippen LogP contribution in [0.3, 0.4) is 0 Å². The molecule has 0 radical (unpaired) electrons. The molecule has 0 saturated heterocycles. The zero-order valence-corrected chi connectivity index (χ0v) is 5.68. The van der Waals surface area contributed by atoms with Crippen molar-refractivity contribution in [1.82, 2.24) is 5.32 Å². The third-order valence-electron chi connectivity index (χ3n) is 1.24. The molecule has 0 aromatic rings. The van der Waals surface area contributed by atoms with Crippen LogP contribution in [0.4, 0.5) is 0 Å². The van der Waals surface area contributed by atoms with E-state index in [0.717, 1.165) is 32.0 Å². The van der Waals surface area contributed by atoms with Gasteiger partial charge >= 0.3 is 0 Å². The van der Waals surface area contributed by atoms with Gasteiger partial charge in [0.15, 0.2) is 5.90 Å². The summed E-state index contributed by atoms with van der Waals surface area (Å²) in [6, 6.07) is 0. The van der Waals surface area contributed by atoms with Gasteiger partial charge in [0.25, 0.3) is 0 Å². The predicted octanol–water partition coefficient (Wildman–Crippen LogP) is 0.0246. The van der Waals surface area contributed by atoms with Crippen molar-refractivity contribution in [2.45, 2.75) is 6.42 Å². The van der Waals surface area contributed by atoms with Crippen molar-refractivity contribution in [3.05, 3.63) is 0 Å². The molecule has 0 unspecified atom stereocenters. The monoisotopic (exact) mass is 128 g/mol. The van der Waals surface area contributed by atoms with Gasteiger partial charge in [-0.3, -0.25) is 4.99 Å². The number of aliphatic imine (C=N–C) groups is 1. The molecule has 1 aliphatic rings. The van der Waals surface area contributed by atoms with Gasteiger partial charge in [-0.2, -0.15) is 0 Å². The molecule has 0 amide bonds. The van der Waals surface area contributed by atoms with E-state index in [1.165, 1.54) is 0 Å². The van der Waals surface area contributed by atoms with Crippen LogP contribution in [0.5, 0.6) is 0 Å². The largest absolute Gasteiger partial charge is 0.479 e. The van der Waals surface area contributed by atoms with Crippen molar-refractivity contribution in [2.24, 2.45) is 4.99 Å². The zero-order chi connectivity index (χ0) is 6.53. The molecule has 1 N–H and O–H groups in total. The molecule has 0 spiro atoms. The number of nitrogens with one attached hydrogen (secondary N) is 1. The van der Waals surface area contributed by atoms with Gasteiger partial charge in [-0.05, 0) is 7.05 Å². The van der Waals surface area contributed by atoms with E-state index >= 15 is 0 Å². The fourth-order valence-corrected chi connectivity index (χ4v) is 0.763. The fourth-order valence-electron chi connectivity index (χ4n) is 0.763. The fraction of sp³-hybridized carbons (Fsp3) is 0.833. The highest BCUT2D eigenvalue weighted by molar-refractivity contribution is 5.77. The first kappa shape index (κ1) is 6.55. The van der Waals surface area contributed by atoms with Crippen LogP contribution in [0.15, 0.2) is 4.99 Å². The van der Waals surface area contributed by atoms with E-state index in [0.29, 0.717) is 0 Å². The van der Waals surface area contributed by atoms with Gasteiger partial charge in [0.05, 0.1) is 6.54 Å². The Morgan fingerprint density at radius 2 is 2.67 bits per heavy atom. The summed E-state index contributed by atoms with van der Waals surface area (Å²) in [5, 5.41) is 3.03. The Labute approximate surface area is 55.1 Å². The van der Waals surface area contributed by atoms with Crippen LogP contribution in [-0.4, -0.2) is 32.6 Å². The molecule has 52 valence electrons. The Kier molecular flexibility index (Phi) is 2.51. The molecule has 3 heteroatoms. The Balaban J connectivity index is 2.11. The molecular weight excluding hydrogens is 116 g/mol. The van der Waals surface area contributed by atoms with Crippen LogP contribution < -0.4 is 5.32 Å². The van der Waals surface area contributed by atoms with Gasteiger partial charge in [-0.15, -0.1) is 0 Å². The summed E-state index contributed by atoms with van der Waals surface area (Å²) in [5.41, 5.74) is 0. The standard InChI is InChI=1S/C6H12N2O/c1-7-3-2-6-8-4-5-9-6/h7H,2-5H2,1H3.